The highest BCUT2D eigenvalue weighted by atomic mass is 32.2. The minimum atomic E-state index is -3.29. The van der Waals surface area contributed by atoms with Gasteiger partial charge in [0.25, 0.3) is 5.91 Å². The van der Waals surface area contributed by atoms with E-state index in [1.165, 1.54) is 4.90 Å². The minimum Gasteiger partial charge on any atom is -0.338 e. The van der Waals surface area contributed by atoms with Gasteiger partial charge in [-0.1, -0.05) is 0 Å². The van der Waals surface area contributed by atoms with Gasteiger partial charge >= 0.3 is 0 Å². The largest absolute Gasteiger partial charge is 0.338 e. The first-order valence-electron chi connectivity index (χ1n) is 6.95. The number of sulfonamides is 1. The second-order valence-electron chi connectivity index (χ2n) is 5.50. The first kappa shape index (κ1) is 16.8. The highest BCUT2D eigenvalue weighted by molar-refractivity contribution is 7.88. The van der Waals surface area contributed by atoms with E-state index in [0.717, 1.165) is 30.9 Å². The standard InChI is InChI=1S/C14H18F2N2O3S/c1-22(20,21)17-8-10-3-2-6-18(9-10)14(19)12-7-11(15)4-5-13(12)16/h4-5,7,10,17H,2-3,6,8-9H2,1H3/t10-/m1/s1. The van der Waals surface area contributed by atoms with E-state index in [1.54, 1.807) is 0 Å². The van der Waals surface area contributed by atoms with Crippen molar-refractivity contribution in [3.8, 4) is 0 Å². The second kappa shape index (κ2) is 6.70. The number of carbonyl (C=O) groups is 1. The molecule has 22 heavy (non-hydrogen) atoms. The van der Waals surface area contributed by atoms with E-state index in [1.807, 2.05) is 0 Å². The maximum absolute atomic E-state index is 13.7. The van der Waals surface area contributed by atoms with Crippen LogP contribution in [0, 0.1) is 17.6 Å². The number of hydrogen-bond acceptors (Lipinski definition) is 3. The molecule has 0 saturated carbocycles. The lowest BCUT2D eigenvalue weighted by Crippen LogP contribution is -2.43. The van der Waals surface area contributed by atoms with Crippen LogP contribution >= 0.6 is 0 Å². The Hall–Kier alpha value is -1.54. The Labute approximate surface area is 128 Å². The number of carbonyl (C=O) groups excluding carboxylic acids is 1. The molecule has 0 aliphatic carbocycles. The van der Waals surface area contributed by atoms with E-state index in [0.29, 0.717) is 19.5 Å². The maximum atomic E-state index is 13.7. The van der Waals surface area contributed by atoms with E-state index >= 15 is 0 Å². The summed E-state index contributed by atoms with van der Waals surface area (Å²) in [6.45, 7) is 0.996. The number of nitrogens with one attached hydrogen (secondary N) is 1. The Bertz CT molecular complexity index is 664. The Morgan fingerprint density at radius 3 is 2.82 bits per heavy atom. The monoisotopic (exact) mass is 332 g/mol. The molecule has 0 aromatic heterocycles. The summed E-state index contributed by atoms with van der Waals surface area (Å²) in [5.74, 6) is -2.04. The number of rotatable bonds is 4. The molecular formula is C14H18F2N2O3S. The summed E-state index contributed by atoms with van der Waals surface area (Å²) in [6, 6.07) is 2.77. The summed E-state index contributed by atoms with van der Waals surface area (Å²) in [5.41, 5.74) is -0.295. The van der Waals surface area contributed by atoms with Crippen molar-refractivity contribution in [2.24, 2.45) is 5.92 Å². The molecule has 8 heteroatoms. The molecule has 0 bridgehead atoms. The van der Waals surface area contributed by atoms with Crippen LogP contribution in [-0.2, 0) is 10.0 Å². The predicted molar refractivity (Wildman–Crippen MR) is 77.8 cm³/mol. The van der Waals surface area contributed by atoms with Gasteiger partial charge in [0.1, 0.15) is 11.6 Å². The van der Waals surface area contributed by atoms with Crippen LogP contribution in [0.15, 0.2) is 18.2 Å². The lowest BCUT2D eigenvalue weighted by molar-refractivity contribution is 0.0671. The molecule has 1 aromatic carbocycles. The van der Waals surface area contributed by atoms with Gasteiger partial charge in [-0.2, -0.15) is 0 Å². The molecule has 1 fully saturated rings. The van der Waals surface area contributed by atoms with Gasteiger partial charge in [-0.3, -0.25) is 4.79 Å². The topological polar surface area (TPSA) is 66.5 Å². The average molecular weight is 332 g/mol. The van der Waals surface area contributed by atoms with Gasteiger partial charge in [0.2, 0.25) is 10.0 Å². The third-order valence-corrected chi connectivity index (χ3v) is 4.29. The van der Waals surface area contributed by atoms with Crippen LogP contribution in [0.3, 0.4) is 0 Å². The SMILES string of the molecule is CS(=O)(=O)NC[C@H]1CCCN(C(=O)c2cc(F)ccc2F)C1. The van der Waals surface area contributed by atoms with Crippen LogP contribution in [0.4, 0.5) is 8.78 Å². The van der Waals surface area contributed by atoms with Gasteiger partial charge < -0.3 is 4.90 Å². The second-order valence-corrected chi connectivity index (χ2v) is 7.34. The number of halogens is 2. The quantitative estimate of drug-likeness (QED) is 0.905. The van der Waals surface area contributed by atoms with Crippen molar-refractivity contribution in [1.29, 1.82) is 0 Å². The summed E-state index contributed by atoms with van der Waals surface area (Å²) in [4.78, 5) is 13.7. The smallest absolute Gasteiger partial charge is 0.256 e. The lowest BCUT2D eigenvalue weighted by atomic mass is 9.97. The van der Waals surface area contributed by atoms with E-state index in [-0.39, 0.29) is 18.0 Å². The van der Waals surface area contributed by atoms with Crippen molar-refractivity contribution >= 4 is 15.9 Å². The molecule has 1 aliphatic heterocycles. The maximum Gasteiger partial charge on any atom is 0.256 e. The fraction of sp³-hybridized carbons (Fsp3) is 0.500. The van der Waals surface area contributed by atoms with Crippen molar-refractivity contribution in [3.05, 3.63) is 35.4 Å². The summed E-state index contributed by atoms with van der Waals surface area (Å²) in [5, 5.41) is 0. The van der Waals surface area contributed by atoms with E-state index in [4.69, 9.17) is 0 Å². The fourth-order valence-corrected chi connectivity index (χ4v) is 3.06. The Morgan fingerprint density at radius 2 is 2.14 bits per heavy atom. The van der Waals surface area contributed by atoms with Crippen molar-refractivity contribution in [3.63, 3.8) is 0 Å². The molecule has 5 nitrogen and oxygen atoms in total. The molecule has 0 radical (unpaired) electrons. The van der Waals surface area contributed by atoms with E-state index in [2.05, 4.69) is 4.72 Å². The zero-order chi connectivity index (χ0) is 16.3. The number of likely N-dealkylation sites (tertiary alicyclic amines) is 1. The van der Waals surface area contributed by atoms with Crippen molar-refractivity contribution in [2.45, 2.75) is 12.8 Å². The number of amides is 1. The van der Waals surface area contributed by atoms with Crippen molar-refractivity contribution < 1.29 is 22.0 Å². The predicted octanol–water partition coefficient (Wildman–Crippen LogP) is 1.37. The summed E-state index contributed by atoms with van der Waals surface area (Å²) in [7, 11) is -3.29. The average Bonchev–Trinajstić information content (AvgIpc) is 2.46. The molecule has 1 aliphatic rings. The molecule has 1 heterocycles. The summed E-state index contributed by atoms with van der Waals surface area (Å²) < 4.78 is 51.5. The zero-order valence-corrected chi connectivity index (χ0v) is 13.0. The van der Waals surface area contributed by atoms with Crippen LogP contribution in [-0.4, -0.2) is 45.1 Å². The van der Waals surface area contributed by atoms with Crippen LogP contribution in [0.25, 0.3) is 0 Å². The van der Waals surface area contributed by atoms with Gasteiger partial charge in [-0.15, -0.1) is 0 Å². The molecule has 0 spiro atoms. The van der Waals surface area contributed by atoms with Gasteiger partial charge in [0, 0.05) is 19.6 Å². The lowest BCUT2D eigenvalue weighted by Gasteiger charge is -2.32. The molecule has 1 atom stereocenters. The molecule has 1 aromatic rings. The molecule has 1 saturated heterocycles. The minimum absolute atomic E-state index is 0.0379. The normalized spacial score (nSPS) is 19.2. The molecular weight excluding hydrogens is 314 g/mol. The zero-order valence-electron chi connectivity index (χ0n) is 12.2. The molecule has 1 amide bonds. The number of benzene rings is 1. The Kier molecular flexibility index (Phi) is 5.12. The van der Waals surface area contributed by atoms with Crippen molar-refractivity contribution in [1.82, 2.24) is 9.62 Å². The Morgan fingerprint density at radius 1 is 1.41 bits per heavy atom. The molecule has 122 valence electrons. The van der Waals surface area contributed by atoms with Crippen LogP contribution in [0.5, 0.6) is 0 Å². The number of hydrogen-bond donors (Lipinski definition) is 1. The molecule has 1 N–H and O–H groups in total. The number of nitrogens with zero attached hydrogens (tertiary/aromatic N) is 1. The summed E-state index contributed by atoms with van der Waals surface area (Å²) in [6.07, 6.45) is 2.54. The van der Waals surface area contributed by atoms with Crippen molar-refractivity contribution in [2.75, 3.05) is 25.9 Å². The summed E-state index contributed by atoms with van der Waals surface area (Å²) >= 11 is 0. The van der Waals surface area contributed by atoms with E-state index < -0.39 is 27.6 Å². The van der Waals surface area contributed by atoms with Crippen LogP contribution < -0.4 is 4.72 Å². The third kappa shape index (κ3) is 4.48. The third-order valence-electron chi connectivity index (χ3n) is 3.60. The highest BCUT2D eigenvalue weighted by Crippen LogP contribution is 2.20. The van der Waals surface area contributed by atoms with Crippen LogP contribution in [0.1, 0.15) is 23.2 Å². The molecule has 2 rings (SSSR count). The highest BCUT2D eigenvalue weighted by Gasteiger charge is 2.26. The molecule has 0 unspecified atom stereocenters. The first-order valence-corrected chi connectivity index (χ1v) is 8.84. The van der Waals surface area contributed by atoms with Crippen LogP contribution in [0.2, 0.25) is 0 Å². The fourth-order valence-electron chi connectivity index (χ4n) is 2.52. The first-order chi connectivity index (χ1) is 10.3. The Balaban J connectivity index is 2.05. The van der Waals surface area contributed by atoms with Gasteiger partial charge in [-0.05, 0) is 37.0 Å². The van der Waals surface area contributed by atoms with E-state index in [9.17, 15) is 22.0 Å². The van der Waals surface area contributed by atoms with Gasteiger partial charge in [-0.25, -0.2) is 21.9 Å². The van der Waals surface area contributed by atoms with Gasteiger partial charge in [0.05, 0.1) is 11.8 Å². The number of piperidine rings is 1. The van der Waals surface area contributed by atoms with Gasteiger partial charge in [0.15, 0.2) is 0 Å².